The fraction of sp³-hybridized carbons (Fsp3) is 0.880. The lowest BCUT2D eigenvalue weighted by Gasteiger charge is -2.18. The molecule has 0 fully saturated rings. The molecule has 0 radical (unpaired) electrons. The molecule has 0 aromatic rings. The molecule has 192 valence electrons. The Kier molecular flexibility index (Phi) is 20.4. The van der Waals surface area contributed by atoms with E-state index in [2.05, 4.69) is 49.0 Å². The van der Waals surface area contributed by atoms with Gasteiger partial charge >= 0.3 is 6.03 Å². The summed E-state index contributed by atoms with van der Waals surface area (Å²) in [4.78, 5) is 33.1. The molecule has 7 heteroatoms. The van der Waals surface area contributed by atoms with Crippen LogP contribution in [0, 0.1) is 23.2 Å². The van der Waals surface area contributed by atoms with E-state index in [1.54, 1.807) is 0 Å². The highest BCUT2D eigenvalue weighted by atomic mass is 16.2. The second-order valence-corrected chi connectivity index (χ2v) is 11.1. The molecule has 0 aliphatic heterocycles. The van der Waals surface area contributed by atoms with Gasteiger partial charge in [-0.05, 0) is 45.4 Å². The molecule has 0 atom stereocenters. The molecule has 0 unspecified atom stereocenters. The maximum Gasteiger partial charge on any atom is 0.314 e. The Balaban J connectivity index is -0.000000395. The molecule has 0 saturated heterocycles. The number of nitrogens with one attached hydrogen (secondary N) is 4. The van der Waals surface area contributed by atoms with Crippen LogP contribution in [0.25, 0.3) is 0 Å². The average Bonchev–Trinajstić information content (AvgIpc) is 2.56. The quantitative estimate of drug-likeness (QED) is 0.424. The third kappa shape index (κ3) is 30.4. The van der Waals surface area contributed by atoms with Crippen molar-refractivity contribution in [2.75, 3.05) is 13.1 Å². The molecule has 0 saturated carbocycles. The van der Waals surface area contributed by atoms with Gasteiger partial charge < -0.3 is 21.3 Å². The van der Waals surface area contributed by atoms with Crippen molar-refractivity contribution in [1.29, 1.82) is 0 Å². The number of amides is 4. The van der Waals surface area contributed by atoms with E-state index < -0.39 is 0 Å². The lowest BCUT2D eigenvalue weighted by Crippen LogP contribution is -2.40. The molecule has 7 nitrogen and oxygen atoms in total. The summed E-state index contributed by atoms with van der Waals surface area (Å²) in [6.07, 6.45) is 0.637. The fourth-order valence-electron chi connectivity index (χ4n) is 1.92. The van der Waals surface area contributed by atoms with Crippen LogP contribution in [0.5, 0.6) is 0 Å². The molecule has 4 N–H and O–H groups in total. The molecule has 0 bridgehead atoms. The van der Waals surface area contributed by atoms with Gasteiger partial charge in [-0.15, -0.1) is 0 Å². The zero-order valence-electron chi connectivity index (χ0n) is 23.2. The molecule has 0 aromatic carbocycles. The van der Waals surface area contributed by atoms with E-state index in [4.69, 9.17) is 0 Å². The number of hydrogen-bond donors (Lipinski definition) is 4. The topological polar surface area (TPSA) is 99.3 Å². The van der Waals surface area contributed by atoms with Gasteiger partial charge in [-0.1, -0.05) is 62.3 Å². The first-order chi connectivity index (χ1) is 14.4. The van der Waals surface area contributed by atoms with Gasteiger partial charge in [0.15, 0.2) is 0 Å². The second kappa shape index (κ2) is 18.8. The number of urea groups is 1. The van der Waals surface area contributed by atoms with Crippen LogP contribution in [0.1, 0.15) is 96.4 Å². The first-order valence-electron chi connectivity index (χ1n) is 12.0. The summed E-state index contributed by atoms with van der Waals surface area (Å²) in [6, 6.07) is 0.405. The number of hydrogen-bond acceptors (Lipinski definition) is 3. The number of carbonyl (C=O) groups is 3. The molecule has 0 spiro atoms. The molecular formula is C25H54N4O3. The van der Waals surface area contributed by atoms with E-state index in [1.807, 2.05) is 62.3 Å². The minimum Gasteiger partial charge on any atom is -0.355 e. The van der Waals surface area contributed by atoms with Crippen LogP contribution in [0.2, 0.25) is 0 Å². The van der Waals surface area contributed by atoms with Gasteiger partial charge in [-0.2, -0.15) is 0 Å². The van der Waals surface area contributed by atoms with E-state index in [0.717, 1.165) is 13.1 Å². The van der Waals surface area contributed by atoms with Gasteiger partial charge in [-0.3, -0.25) is 9.59 Å². The molecule has 0 aromatic heterocycles. The number of rotatable bonds is 8. The molecule has 0 aliphatic rings. The first kappa shape index (κ1) is 34.8. The molecule has 32 heavy (non-hydrogen) atoms. The van der Waals surface area contributed by atoms with Gasteiger partial charge in [0.2, 0.25) is 11.8 Å². The lowest BCUT2D eigenvalue weighted by atomic mass is 9.95. The van der Waals surface area contributed by atoms with Crippen molar-refractivity contribution in [3.63, 3.8) is 0 Å². The molecule has 4 amide bonds. The molecule has 0 aliphatic carbocycles. The van der Waals surface area contributed by atoms with Crippen molar-refractivity contribution in [3.8, 4) is 0 Å². The van der Waals surface area contributed by atoms with E-state index in [1.165, 1.54) is 0 Å². The minimum atomic E-state index is -0.255. The smallest absolute Gasteiger partial charge is 0.314 e. The molecular weight excluding hydrogens is 404 g/mol. The Bertz CT molecular complexity index is 496. The average molecular weight is 459 g/mol. The van der Waals surface area contributed by atoms with Crippen LogP contribution in [0.3, 0.4) is 0 Å². The third-order valence-electron chi connectivity index (χ3n) is 3.49. The van der Waals surface area contributed by atoms with Gasteiger partial charge in [0.05, 0.1) is 0 Å². The van der Waals surface area contributed by atoms with Crippen molar-refractivity contribution in [1.82, 2.24) is 21.3 Å². The zero-order valence-corrected chi connectivity index (χ0v) is 23.2. The summed E-state index contributed by atoms with van der Waals surface area (Å²) in [7, 11) is 0. The summed E-state index contributed by atoms with van der Waals surface area (Å²) in [6.45, 7) is 27.5. The maximum absolute atomic E-state index is 11.3. The highest BCUT2D eigenvalue weighted by molar-refractivity contribution is 5.81. The van der Waals surface area contributed by atoms with Crippen LogP contribution >= 0.6 is 0 Å². The normalized spacial score (nSPS) is 10.9. The standard InChI is InChI=1S/C9H19NO.C8H18N2O.C8H17NO/c1-7(2)6-10-8(11)9(3,4)5;1-6(2)5-9-8(11)10-7(3)4;1-6(2)5-8(10)9-7(3)4/h7H,6H2,1-5H3,(H,10,11);6-7H,5H2,1-4H3,(H2,9,10,11);6-7H,5H2,1-4H3,(H,9,10). The van der Waals surface area contributed by atoms with Crippen molar-refractivity contribution < 1.29 is 14.4 Å². The highest BCUT2D eigenvalue weighted by Gasteiger charge is 2.20. The Morgan fingerprint density at radius 3 is 1.34 bits per heavy atom. The van der Waals surface area contributed by atoms with Crippen LogP contribution in [0.15, 0.2) is 0 Å². The monoisotopic (exact) mass is 458 g/mol. The Labute approximate surface area is 198 Å². The molecule has 0 rings (SSSR count). The van der Waals surface area contributed by atoms with Gasteiger partial charge in [-0.25, -0.2) is 4.79 Å². The lowest BCUT2D eigenvalue weighted by molar-refractivity contribution is -0.128. The largest absolute Gasteiger partial charge is 0.355 e. The maximum atomic E-state index is 11.3. The van der Waals surface area contributed by atoms with Crippen molar-refractivity contribution in [2.24, 2.45) is 23.2 Å². The van der Waals surface area contributed by atoms with E-state index in [0.29, 0.717) is 24.2 Å². The Morgan fingerprint density at radius 1 is 0.625 bits per heavy atom. The van der Waals surface area contributed by atoms with Crippen molar-refractivity contribution in [3.05, 3.63) is 0 Å². The van der Waals surface area contributed by atoms with Crippen molar-refractivity contribution in [2.45, 2.75) is 109 Å². The summed E-state index contributed by atoms with van der Waals surface area (Å²) < 4.78 is 0. The fourth-order valence-corrected chi connectivity index (χ4v) is 1.92. The van der Waals surface area contributed by atoms with E-state index >= 15 is 0 Å². The SMILES string of the molecule is CC(C)CC(=O)NC(C)C.CC(C)CNC(=O)C(C)(C)C.CC(C)CNC(=O)NC(C)C. The van der Waals surface area contributed by atoms with E-state index in [-0.39, 0.29) is 35.3 Å². The predicted octanol–water partition coefficient (Wildman–Crippen LogP) is 4.71. The summed E-state index contributed by atoms with van der Waals surface area (Å²) >= 11 is 0. The van der Waals surface area contributed by atoms with Gasteiger partial charge in [0.1, 0.15) is 0 Å². The van der Waals surface area contributed by atoms with Crippen LogP contribution in [-0.4, -0.2) is 43.0 Å². The minimum absolute atomic E-state index is 0.0753. The zero-order chi connectivity index (χ0) is 26.1. The predicted molar refractivity (Wildman–Crippen MR) is 137 cm³/mol. The summed E-state index contributed by atoms with van der Waals surface area (Å²) in [5.41, 5.74) is -0.255. The van der Waals surface area contributed by atoms with Gasteiger partial charge in [0.25, 0.3) is 0 Å². The van der Waals surface area contributed by atoms with Crippen LogP contribution < -0.4 is 21.3 Å². The summed E-state index contributed by atoms with van der Waals surface area (Å²) in [5, 5.41) is 11.2. The highest BCUT2D eigenvalue weighted by Crippen LogP contribution is 2.12. The van der Waals surface area contributed by atoms with Gasteiger partial charge in [0, 0.05) is 37.0 Å². The second-order valence-electron chi connectivity index (χ2n) is 11.1. The van der Waals surface area contributed by atoms with Crippen molar-refractivity contribution >= 4 is 17.8 Å². The summed E-state index contributed by atoms with van der Waals surface area (Å²) in [5.74, 6) is 1.78. The molecule has 0 heterocycles. The first-order valence-corrected chi connectivity index (χ1v) is 12.0. The van der Waals surface area contributed by atoms with Crippen LogP contribution in [0.4, 0.5) is 4.79 Å². The van der Waals surface area contributed by atoms with E-state index in [9.17, 15) is 14.4 Å². The Hall–Kier alpha value is -1.79. The Morgan fingerprint density at radius 2 is 1.03 bits per heavy atom. The third-order valence-corrected chi connectivity index (χ3v) is 3.49. The number of carbonyl (C=O) groups excluding carboxylic acids is 3. The van der Waals surface area contributed by atoms with Crippen LogP contribution in [-0.2, 0) is 9.59 Å².